The number of rotatable bonds is 8. The van der Waals surface area contributed by atoms with E-state index in [0.717, 1.165) is 37.4 Å². The molecule has 1 aliphatic heterocycles. The van der Waals surface area contributed by atoms with Crippen molar-refractivity contribution in [3.63, 3.8) is 0 Å². The lowest BCUT2D eigenvalue weighted by Gasteiger charge is -2.32. The third-order valence-corrected chi connectivity index (χ3v) is 5.27. The molecule has 2 aromatic rings. The van der Waals surface area contributed by atoms with Crippen LogP contribution in [0.5, 0.6) is 5.75 Å². The van der Waals surface area contributed by atoms with Gasteiger partial charge in [-0.05, 0) is 36.8 Å². The molecule has 3 rings (SSSR count). The number of amidine groups is 1. The molecular formula is C22H20F7N3O3. The van der Waals surface area contributed by atoms with E-state index >= 15 is 0 Å². The van der Waals surface area contributed by atoms with Crippen molar-refractivity contribution in [2.45, 2.75) is 43.8 Å². The molecule has 2 heterocycles. The Balaban J connectivity index is 1.79. The van der Waals surface area contributed by atoms with Gasteiger partial charge in [0.2, 0.25) is 0 Å². The van der Waals surface area contributed by atoms with Gasteiger partial charge in [0.05, 0.1) is 18.6 Å². The summed E-state index contributed by atoms with van der Waals surface area (Å²) in [4.78, 5) is 20.1. The molecule has 0 bridgehead atoms. The lowest BCUT2D eigenvalue weighted by molar-refractivity contribution is -0.275. The van der Waals surface area contributed by atoms with E-state index in [1.165, 1.54) is 6.07 Å². The summed E-state index contributed by atoms with van der Waals surface area (Å²) in [6.45, 7) is -1.03. The molecule has 0 spiro atoms. The fourth-order valence-electron chi connectivity index (χ4n) is 3.25. The zero-order valence-corrected chi connectivity index (χ0v) is 18.2. The van der Waals surface area contributed by atoms with Gasteiger partial charge >= 0.3 is 18.5 Å². The summed E-state index contributed by atoms with van der Waals surface area (Å²) in [5, 5.41) is 0. The number of nitrogens with zero attached hydrogens (tertiary/aromatic N) is 2. The Hall–Kier alpha value is -3.22. The fraction of sp³-hybridized carbons (Fsp3) is 0.409. The van der Waals surface area contributed by atoms with Gasteiger partial charge in [0, 0.05) is 18.4 Å². The number of halogens is 7. The largest absolute Gasteiger partial charge is 0.485 e. The van der Waals surface area contributed by atoms with Crippen LogP contribution in [0, 0.1) is 5.82 Å². The van der Waals surface area contributed by atoms with Crippen molar-refractivity contribution in [1.82, 2.24) is 4.98 Å². The molecule has 0 radical (unpaired) electrons. The molecule has 190 valence electrons. The van der Waals surface area contributed by atoms with Crippen LogP contribution in [0.25, 0.3) is 0 Å². The molecule has 0 unspecified atom stereocenters. The van der Waals surface area contributed by atoms with Gasteiger partial charge in [-0.2, -0.15) is 17.6 Å². The third kappa shape index (κ3) is 5.72. The third-order valence-electron chi connectivity index (χ3n) is 5.27. The Kier molecular flexibility index (Phi) is 7.39. The van der Waals surface area contributed by atoms with E-state index in [4.69, 9.17) is 5.73 Å². The first-order chi connectivity index (χ1) is 16.2. The molecule has 2 N–H and O–H groups in total. The second kappa shape index (κ2) is 9.80. The molecule has 6 nitrogen and oxygen atoms in total. The maximum Gasteiger partial charge on any atom is 0.384 e. The van der Waals surface area contributed by atoms with E-state index in [1.54, 1.807) is 0 Å². The Morgan fingerprint density at radius 1 is 1.26 bits per heavy atom. The molecule has 1 aromatic carbocycles. The average molecular weight is 507 g/mol. The van der Waals surface area contributed by atoms with E-state index in [-0.39, 0.29) is 35.7 Å². The molecule has 0 saturated carbocycles. The maximum absolute atomic E-state index is 14.7. The van der Waals surface area contributed by atoms with Crippen LogP contribution in [0.3, 0.4) is 0 Å². The number of hydrogen-bond donors (Lipinski definition) is 1. The number of pyridine rings is 1. The van der Waals surface area contributed by atoms with Gasteiger partial charge in [0.25, 0.3) is 0 Å². The number of ketones is 1. The van der Waals surface area contributed by atoms with Crippen LogP contribution in [0.4, 0.5) is 30.7 Å². The fourth-order valence-corrected chi connectivity index (χ4v) is 3.25. The number of benzene rings is 1. The SMILES string of the molecule is C[C@]1(c2cc(CC(=O)c3ccc(OCC(F)(F)C(F)F)cn3)ccc2F)N=C(N)CCOC1(F)F. The van der Waals surface area contributed by atoms with Crippen LogP contribution < -0.4 is 10.5 Å². The van der Waals surface area contributed by atoms with Gasteiger partial charge in [-0.25, -0.2) is 18.2 Å². The van der Waals surface area contributed by atoms with Crippen molar-refractivity contribution < 1.29 is 45.0 Å². The van der Waals surface area contributed by atoms with Gasteiger partial charge in [-0.1, -0.05) is 6.07 Å². The average Bonchev–Trinajstić information content (AvgIpc) is 2.88. The first kappa shape index (κ1) is 26.4. The smallest absolute Gasteiger partial charge is 0.384 e. The van der Waals surface area contributed by atoms with Crippen LogP contribution in [0.1, 0.15) is 35.0 Å². The first-order valence-corrected chi connectivity index (χ1v) is 10.2. The van der Waals surface area contributed by atoms with Crippen LogP contribution in [-0.2, 0) is 16.7 Å². The number of Topliss-reactive ketones (excluding diaryl/α,β-unsaturated/α-hetero) is 1. The second-order valence-corrected chi connectivity index (χ2v) is 7.93. The number of ether oxygens (including phenoxy) is 2. The van der Waals surface area contributed by atoms with Gasteiger partial charge < -0.3 is 15.2 Å². The normalized spacial score (nSPS) is 20.3. The van der Waals surface area contributed by atoms with E-state index in [1.807, 2.05) is 0 Å². The van der Waals surface area contributed by atoms with E-state index in [2.05, 4.69) is 19.5 Å². The molecule has 0 fully saturated rings. The van der Waals surface area contributed by atoms with E-state index in [0.29, 0.717) is 0 Å². The Bertz CT molecular complexity index is 1110. The number of nitrogens with two attached hydrogens (primary N) is 1. The molecule has 0 aliphatic carbocycles. The van der Waals surface area contributed by atoms with Crippen molar-refractivity contribution >= 4 is 11.6 Å². The van der Waals surface area contributed by atoms with Crippen molar-refractivity contribution in [2.24, 2.45) is 10.7 Å². The maximum atomic E-state index is 14.7. The predicted molar refractivity (Wildman–Crippen MR) is 110 cm³/mol. The van der Waals surface area contributed by atoms with Crippen LogP contribution >= 0.6 is 0 Å². The number of aromatic nitrogens is 1. The lowest BCUT2D eigenvalue weighted by Crippen LogP contribution is -2.44. The van der Waals surface area contributed by atoms with Crippen molar-refractivity contribution in [2.75, 3.05) is 13.2 Å². The number of alkyl halides is 6. The Labute approximate surface area is 194 Å². The van der Waals surface area contributed by atoms with Gasteiger partial charge in [-0.15, -0.1) is 0 Å². The van der Waals surface area contributed by atoms with Crippen molar-refractivity contribution in [1.29, 1.82) is 0 Å². The summed E-state index contributed by atoms with van der Waals surface area (Å²) in [5.41, 5.74) is 2.62. The van der Waals surface area contributed by atoms with Gasteiger partial charge in [-0.3, -0.25) is 9.79 Å². The Morgan fingerprint density at radius 2 is 1.97 bits per heavy atom. The number of hydrogen-bond acceptors (Lipinski definition) is 6. The summed E-state index contributed by atoms with van der Waals surface area (Å²) >= 11 is 0. The zero-order valence-electron chi connectivity index (χ0n) is 18.2. The highest BCUT2D eigenvalue weighted by atomic mass is 19.3. The van der Waals surface area contributed by atoms with Crippen LogP contribution in [0.2, 0.25) is 0 Å². The minimum Gasteiger partial charge on any atom is -0.485 e. The minimum absolute atomic E-state index is 0.0733. The summed E-state index contributed by atoms with van der Waals surface area (Å²) in [6.07, 6.45) is -7.36. The molecule has 1 atom stereocenters. The topological polar surface area (TPSA) is 86.8 Å². The quantitative estimate of drug-likeness (QED) is 0.420. The summed E-state index contributed by atoms with van der Waals surface area (Å²) < 4.78 is 103. The second-order valence-electron chi connectivity index (χ2n) is 7.93. The van der Waals surface area contributed by atoms with Crippen molar-refractivity contribution in [3.8, 4) is 5.75 Å². The molecule has 0 amide bonds. The highest BCUT2D eigenvalue weighted by Crippen LogP contribution is 2.44. The highest BCUT2D eigenvalue weighted by molar-refractivity contribution is 5.95. The minimum atomic E-state index is -4.36. The number of carbonyl (C=O) groups is 1. The van der Waals surface area contributed by atoms with E-state index in [9.17, 15) is 35.5 Å². The Morgan fingerprint density at radius 3 is 2.60 bits per heavy atom. The van der Waals surface area contributed by atoms with Gasteiger partial charge in [0.15, 0.2) is 17.9 Å². The summed E-state index contributed by atoms with van der Waals surface area (Å²) in [6, 6.07) is 5.37. The summed E-state index contributed by atoms with van der Waals surface area (Å²) in [7, 11) is 0. The number of aliphatic imine (C=N–C) groups is 1. The lowest BCUT2D eigenvalue weighted by atomic mass is 9.88. The molecular weight excluding hydrogens is 487 g/mol. The molecule has 0 saturated heterocycles. The number of carbonyl (C=O) groups excluding carboxylic acids is 1. The van der Waals surface area contributed by atoms with Crippen LogP contribution in [0.15, 0.2) is 41.5 Å². The van der Waals surface area contributed by atoms with E-state index < -0.39 is 54.4 Å². The molecule has 1 aliphatic rings. The summed E-state index contributed by atoms with van der Waals surface area (Å²) in [5.74, 6) is -6.41. The predicted octanol–water partition coefficient (Wildman–Crippen LogP) is 4.51. The molecule has 35 heavy (non-hydrogen) atoms. The monoisotopic (exact) mass is 507 g/mol. The van der Waals surface area contributed by atoms with Crippen LogP contribution in [-0.4, -0.2) is 48.3 Å². The van der Waals surface area contributed by atoms with Crippen molar-refractivity contribution in [3.05, 3.63) is 59.2 Å². The molecule has 13 heteroatoms. The van der Waals surface area contributed by atoms with Gasteiger partial charge in [0.1, 0.15) is 17.3 Å². The standard InChI is InChI=1S/C22H20F7N3O3/c1-20(22(28,29)35-7-6-18(30)32-20)14-8-12(2-4-15(14)23)9-17(33)16-5-3-13(10-31-16)34-11-21(26,27)19(24)25/h2-5,8,10,19H,6-7,9,11H2,1H3,(H2,30,32)/t20-/m1/s1. The highest BCUT2D eigenvalue weighted by Gasteiger charge is 2.55. The first-order valence-electron chi connectivity index (χ1n) is 10.2. The zero-order chi connectivity index (χ0) is 26.0. The molecule has 1 aromatic heterocycles.